The molecule has 5 rings (SSSR count). The van der Waals surface area contributed by atoms with Crippen LogP contribution in [0.25, 0.3) is 0 Å². The molecule has 1 unspecified atom stereocenters. The van der Waals surface area contributed by atoms with Crippen LogP contribution < -0.4 is 0 Å². The van der Waals surface area contributed by atoms with Crippen LogP contribution in [0, 0.1) is 5.92 Å². The van der Waals surface area contributed by atoms with Crippen LogP contribution in [-0.2, 0) is 9.47 Å². The van der Waals surface area contributed by atoms with Crippen LogP contribution in [0.3, 0.4) is 0 Å². The molecule has 0 aromatic rings. The van der Waals surface area contributed by atoms with E-state index in [-0.39, 0.29) is 0 Å². The van der Waals surface area contributed by atoms with Gasteiger partial charge in [0.2, 0.25) is 0 Å². The first kappa shape index (κ1) is 42.6. The number of nitrogens with zero attached hydrogens (tertiary/aromatic N) is 6. The molecule has 5 saturated heterocycles. The fraction of sp³-hybridized carbons (Fsp3) is 1.00. The zero-order chi connectivity index (χ0) is 34.1. The number of likely N-dealkylation sites (tertiary alicyclic amines) is 3. The second-order valence-corrected chi connectivity index (χ2v) is 15.2. The summed E-state index contributed by atoms with van der Waals surface area (Å²) in [5, 5.41) is 0. The van der Waals surface area contributed by atoms with E-state index >= 15 is 0 Å². The number of alkyl halides is 1. The Bertz CT molecular complexity index is 693. The normalized spacial score (nSPS) is 24.7. The van der Waals surface area contributed by atoms with Crippen LogP contribution in [0.4, 0.5) is 4.39 Å². The third kappa shape index (κ3) is 18.1. The van der Waals surface area contributed by atoms with Gasteiger partial charge in [-0.2, -0.15) is 0 Å². The molecule has 5 heterocycles. The molecule has 9 heteroatoms. The van der Waals surface area contributed by atoms with Gasteiger partial charge in [0.05, 0.1) is 19.3 Å². The SMILES string of the molecule is CC(C)N1CC(F)C1.CC(C)N1CCN(C)CC1.CC(C)N1CCOCC1.CC1CCN(C(C)C)C1.COC1CN(C(C)C)C1. The van der Waals surface area contributed by atoms with Crippen molar-refractivity contribution >= 4 is 0 Å². The van der Waals surface area contributed by atoms with E-state index in [2.05, 4.69) is 113 Å². The van der Waals surface area contributed by atoms with Gasteiger partial charge in [-0.25, -0.2) is 4.39 Å². The van der Waals surface area contributed by atoms with Crippen LogP contribution in [0.1, 0.15) is 82.6 Å². The van der Waals surface area contributed by atoms with Gasteiger partial charge in [-0.1, -0.05) is 6.92 Å². The van der Waals surface area contributed by atoms with Crippen molar-refractivity contribution < 1.29 is 13.9 Å². The predicted molar refractivity (Wildman–Crippen MR) is 191 cm³/mol. The number of hydrogen-bond donors (Lipinski definition) is 0. The summed E-state index contributed by atoms with van der Waals surface area (Å²) in [4.78, 5) is 14.4. The summed E-state index contributed by atoms with van der Waals surface area (Å²) in [5.41, 5.74) is 0. The Morgan fingerprint density at radius 2 is 0.978 bits per heavy atom. The molecule has 0 radical (unpaired) electrons. The molecule has 5 aliphatic heterocycles. The molecular formula is C36H77FN6O2. The minimum atomic E-state index is -0.544. The second-order valence-electron chi connectivity index (χ2n) is 15.2. The lowest BCUT2D eigenvalue weighted by Gasteiger charge is -2.40. The largest absolute Gasteiger partial charge is 0.379 e. The van der Waals surface area contributed by atoms with Gasteiger partial charge in [0.25, 0.3) is 0 Å². The molecule has 0 spiro atoms. The van der Waals surface area contributed by atoms with Gasteiger partial charge < -0.3 is 19.3 Å². The van der Waals surface area contributed by atoms with Crippen LogP contribution in [0.5, 0.6) is 0 Å². The molecule has 0 bridgehead atoms. The lowest BCUT2D eigenvalue weighted by molar-refractivity contribution is -0.0437. The maximum atomic E-state index is 12.1. The number of likely N-dealkylation sites (N-methyl/N-ethyl adjacent to an activating group) is 1. The molecule has 5 fully saturated rings. The summed E-state index contributed by atoms with van der Waals surface area (Å²) >= 11 is 0. The number of halogens is 1. The Kier molecular flexibility index (Phi) is 21.8. The lowest BCUT2D eigenvalue weighted by Crippen LogP contribution is -2.54. The highest BCUT2D eigenvalue weighted by Crippen LogP contribution is 2.17. The highest BCUT2D eigenvalue weighted by atomic mass is 19.1. The average molecular weight is 645 g/mol. The van der Waals surface area contributed by atoms with Crippen molar-refractivity contribution in [2.24, 2.45) is 5.92 Å². The molecule has 270 valence electrons. The smallest absolute Gasteiger partial charge is 0.125 e. The van der Waals surface area contributed by atoms with Crippen molar-refractivity contribution in [2.45, 2.75) is 125 Å². The van der Waals surface area contributed by atoms with Crippen molar-refractivity contribution in [1.29, 1.82) is 0 Å². The quantitative estimate of drug-likeness (QED) is 0.406. The summed E-state index contributed by atoms with van der Waals surface area (Å²) in [6, 6.07) is 3.40. The first-order chi connectivity index (χ1) is 21.1. The van der Waals surface area contributed by atoms with Crippen molar-refractivity contribution in [3.63, 3.8) is 0 Å². The number of piperazine rings is 1. The van der Waals surface area contributed by atoms with E-state index in [4.69, 9.17) is 9.47 Å². The van der Waals surface area contributed by atoms with E-state index in [0.717, 1.165) is 57.4 Å². The predicted octanol–water partition coefficient (Wildman–Crippen LogP) is 4.88. The van der Waals surface area contributed by atoms with Gasteiger partial charge in [-0.15, -0.1) is 0 Å². The third-order valence-corrected chi connectivity index (χ3v) is 9.77. The Hall–Kier alpha value is -0.390. The number of rotatable bonds is 6. The summed E-state index contributed by atoms with van der Waals surface area (Å²) in [6.45, 7) is 39.7. The molecule has 0 aromatic carbocycles. The molecule has 8 nitrogen and oxygen atoms in total. The summed E-state index contributed by atoms with van der Waals surface area (Å²) in [7, 11) is 3.97. The van der Waals surface area contributed by atoms with Gasteiger partial charge in [0.15, 0.2) is 0 Å². The minimum absolute atomic E-state index is 0.507. The van der Waals surface area contributed by atoms with E-state index in [1.807, 2.05) is 0 Å². The molecule has 0 amide bonds. The summed E-state index contributed by atoms with van der Waals surface area (Å²) in [6.07, 6.45) is 1.36. The Morgan fingerprint density at radius 3 is 1.27 bits per heavy atom. The highest BCUT2D eigenvalue weighted by Gasteiger charge is 2.28. The lowest BCUT2D eigenvalue weighted by atomic mass is 10.1. The average Bonchev–Trinajstić information content (AvgIpc) is 3.39. The van der Waals surface area contributed by atoms with Crippen molar-refractivity contribution in [1.82, 2.24) is 29.4 Å². The van der Waals surface area contributed by atoms with Gasteiger partial charge in [-0.3, -0.25) is 19.6 Å². The topological polar surface area (TPSA) is 37.9 Å². The zero-order valence-electron chi connectivity index (χ0n) is 32.1. The van der Waals surface area contributed by atoms with Crippen LogP contribution in [-0.4, -0.2) is 178 Å². The maximum absolute atomic E-state index is 12.1. The summed E-state index contributed by atoms with van der Waals surface area (Å²) < 4.78 is 22.4. The molecule has 0 saturated carbocycles. The van der Waals surface area contributed by atoms with Gasteiger partial charge in [0.1, 0.15) is 6.17 Å². The first-order valence-corrected chi connectivity index (χ1v) is 18.3. The maximum Gasteiger partial charge on any atom is 0.125 e. The van der Waals surface area contributed by atoms with E-state index in [0.29, 0.717) is 37.3 Å². The fourth-order valence-electron chi connectivity index (χ4n) is 5.79. The van der Waals surface area contributed by atoms with Gasteiger partial charge in [0, 0.05) is 109 Å². The molecule has 0 aromatic heterocycles. The number of hydrogen-bond acceptors (Lipinski definition) is 8. The minimum Gasteiger partial charge on any atom is -0.379 e. The molecule has 0 aliphatic carbocycles. The van der Waals surface area contributed by atoms with Crippen LogP contribution in [0.15, 0.2) is 0 Å². The number of methoxy groups -OCH3 is 1. The fourth-order valence-corrected chi connectivity index (χ4v) is 5.79. The van der Waals surface area contributed by atoms with E-state index < -0.39 is 6.17 Å². The van der Waals surface area contributed by atoms with Crippen molar-refractivity contribution in [3.05, 3.63) is 0 Å². The molecule has 0 N–H and O–H groups in total. The zero-order valence-corrected chi connectivity index (χ0v) is 32.1. The first-order valence-electron chi connectivity index (χ1n) is 18.3. The third-order valence-electron chi connectivity index (χ3n) is 9.77. The monoisotopic (exact) mass is 645 g/mol. The number of morpholine rings is 1. The second kappa shape index (κ2) is 23.0. The van der Waals surface area contributed by atoms with Crippen LogP contribution in [0.2, 0.25) is 0 Å². The van der Waals surface area contributed by atoms with Crippen LogP contribution >= 0.6 is 0 Å². The van der Waals surface area contributed by atoms with Crippen molar-refractivity contribution in [2.75, 3.05) is 106 Å². The Labute approximate surface area is 279 Å². The highest BCUT2D eigenvalue weighted by molar-refractivity contribution is 4.82. The number of ether oxygens (including phenoxy) is 2. The molecular weight excluding hydrogens is 567 g/mol. The molecule has 45 heavy (non-hydrogen) atoms. The van der Waals surface area contributed by atoms with Gasteiger partial charge in [-0.05, 0) is 95.2 Å². The van der Waals surface area contributed by atoms with E-state index in [9.17, 15) is 4.39 Å². The molecule has 5 aliphatic rings. The van der Waals surface area contributed by atoms with Gasteiger partial charge >= 0.3 is 0 Å². The van der Waals surface area contributed by atoms with E-state index in [1.54, 1.807) is 7.11 Å². The Morgan fingerprint density at radius 1 is 0.556 bits per heavy atom. The Balaban J connectivity index is 0.000000282. The molecule has 1 atom stereocenters. The summed E-state index contributed by atoms with van der Waals surface area (Å²) in [5.74, 6) is 0.937. The van der Waals surface area contributed by atoms with Crippen molar-refractivity contribution in [3.8, 4) is 0 Å². The standard InChI is InChI=1S/C8H18N2.C8H17N.2C7H15NO.C6H12FN/c1-8(2)10-6-4-9(3)5-7-10;1-7(2)9-5-4-8(3)6-9;1-6(2)8-4-7(5-8)9-3;1-7(2)8-3-5-9-6-4-8;1-5(2)8-3-6(7)4-8/h8H,4-7H2,1-3H3;7-8H,4-6H2,1-3H3;6-7H,4-5H2,1-3H3;7H,3-6H2,1-2H3;5-6H,3-4H2,1-2H3. The van der Waals surface area contributed by atoms with E-state index in [1.165, 1.54) is 45.7 Å².